The van der Waals surface area contributed by atoms with Gasteiger partial charge in [-0.25, -0.2) is 0 Å². The molecule has 0 heterocycles. The molecule has 0 saturated carbocycles. The van der Waals surface area contributed by atoms with Crippen LogP contribution in [0, 0.1) is 0 Å². The van der Waals surface area contributed by atoms with E-state index in [1.54, 1.807) is 0 Å². The summed E-state index contributed by atoms with van der Waals surface area (Å²) in [5.41, 5.74) is 5.89. The third-order valence-corrected chi connectivity index (χ3v) is 4.56. The maximum Gasteiger partial charge on any atom is 0.127 e. The van der Waals surface area contributed by atoms with E-state index in [1.807, 2.05) is 49.5 Å². The molecule has 0 unspecified atom stereocenters. The largest absolute Gasteiger partial charge is 0.457 e. The summed E-state index contributed by atoms with van der Waals surface area (Å²) in [5, 5.41) is 3.10. The van der Waals surface area contributed by atoms with Crippen LogP contribution in [-0.2, 0) is 0 Å². The molecule has 0 atom stereocenters. The normalized spacial score (nSPS) is 10.4. The summed E-state index contributed by atoms with van der Waals surface area (Å²) in [4.78, 5) is 0. The van der Waals surface area contributed by atoms with E-state index < -0.39 is 0 Å². The Kier molecular flexibility index (Phi) is 4.88. The van der Waals surface area contributed by atoms with Crippen LogP contribution in [0.4, 0.5) is 5.69 Å². The van der Waals surface area contributed by atoms with Crippen molar-refractivity contribution in [1.29, 1.82) is 0 Å². The van der Waals surface area contributed by atoms with Gasteiger partial charge in [0.15, 0.2) is 0 Å². The molecule has 0 aliphatic rings. The molecule has 0 radical (unpaired) electrons. The quantitative estimate of drug-likeness (QED) is 0.424. The molecule has 2 heteroatoms. The fraction of sp³-hybridized carbons (Fsp3) is 0.0400. The van der Waals surface area contributed by atoms with Gasteiger partial charge in [-0.05, 0) is 58.7 Å². The minimum atomic E-state index is 0.828. The average Bonchev–Trinajstić information content (AvgIpc) is 2.76. The molecule has 0 aliphatic carbocycles. The molecule has 2 nitrogen and oxygen atoms in total. The molecular weight excluding hydrogens is 330 g/mol. The molecular formula is C25H21NO. The number of ether oxygens (including phenoxy) is 1. The third-order valence-electron chi connectivity index (χ3n) is 4.56. The standard InChI is InChI=1S/C25H21NO/c1-26-23-13-17-25(18-14-23)27-24-15-11-22(12-16-24)21-9-7-20(8-10-21)19-5-3-2-4-6-19/h2-18,26H,1H3. The molecule has 27 heavy (non-hydrogen) atoms. The Balaban J connectivity index is 1.48. The van der Waals surface area contributed by atoms with E-state index in [-0.39, 0.29) is 0 Å². The van der Waals surface area contributed by atoms with Crippen molar-refractivity contribution in [2.45, 2.75) is 0 Å². The van der Waals surface area contributed by atoms with Gasteiger partial charge in [-0.15, -0.1) is 0 Å². The van der Waals surface area contributed by atoms with Crippen molar-refractivity contribution in [3.63, 3.8) is 0 Å². The molecule has 0 saturated heterocycles. The van der Waals surface area contributed by atoms with E-state index >= 15 is 0 Å². The summed E-state index contributed by atoms with van der Waals surface area (Å²) in [6.07, 6.45) is 0. The highest BCUT2D eigenvalue weighted by Gasteiger charge is 2.02. The first-order valence-corrected chi connectivity index (χ1v) is 9.03. The zero-order valence-electron chi connectivity index (χ0n) is 15.2. The van der Waals surface area contributed by atoms with Gasteiger partial charge in [0.2, 0.25) is 0 Å². The van der Waals surface area contributed by atoms with Crippen LogP contribution in [0.25, 0.3) is 22.3 Å². The second-order valence-corrected chi connectivity index (χ2v) is 6.34. The average molecular weight is 351 g/mol. The minimum absolute atomic E-state index is 0.828. The molecule has 4 rings (SSSR count). The first-order valence-electron chi connectivity index (χ1n) is 9.03. The van der Waals surface area contributed by atoms with Crippen molar-refractivity contribution in [2.24, 2.45) is 0 Å². The van der Waals surface area contributed by atoms with E-state index in [9.17, 15) is 0 Å². The molecule has 4 aromatic carbocycles. The number of benzene rings is 4. The highest BCUT2D eigenvalue weighted by molar-refractivity contribution is 5.70. The second-order valence-electron chi connectivity index (χ2n) is 6.34. The minimum Gasteiger partial charge on any atom is -0.457 e. The molecule has 0 aliphatic heterocycles. The Labute approximate surface area is 160 Å². The summed E-state index contributed by atoms with van der Waals surface area (Å²) >= 11 is 0. The van der Waals surface area contributed by atoms with Crippen molar-refractivity contribution in [1.82, 2.24) is 0 Å². The van der Waals surface area contributed by atoms with Crippen molar-refractivity contribution in [2.75, 3.05) is 12.4 Å². The van der Waals surface area contributed by atoms with Crippen molar-refractivity contribution >= 4 is 5.69 Å². The highest BCUT2D eigenvalue weighted by atomic mass is 16.5. The van der Waals surface area contributed by atoms with Crippen LogP contribution in [0.15, 0.2) is 103 Å². The first kappa shape index (κ1) is 16.9. The highest BCUT2D eigenvalue weighted by Crippen LogP contribution is 2.28. The van der Waals surface area contributed by atoms with Crippen LogP contribution in [-0.4, -0.2) is 7.05 Å². The molecule has 1 N–H and O–H groups in total. The smallest absolute Gasteiger partial charge is 0.127 e. The molecule has 0 fully saturated rings. The third kappa shape index (κ3) is 4.01. The number of anilines is 1. The number of rotatable bonds is 5. The van der Waals surface area contributed by atoms with Gasteiger partial charge < -0.3 is 10.1 Å². The lowest BCUT2D eigenvalue weighted by Gasteiger charge is -2.09. The van der Waals surface area contributed by atoms with Gasteiger partial charge in [-0.3, -0.25) is 0 Å². The zero-order valence-corrected chi connectivity index (χ0v) is 15.2. The first-order chi connectivity index (χ1) is 13.3. The van der Waals surface area contributed by atoms with Crippen LogP contribution in [0.2, 0.25) is 0 Å². The van der Waals surface area contributed by atoms with Crippen molar-refractivity contribution in [3.8, 4) is 33.8 Å². The second kappa shape index (κ2) is 7.79. The van der Waals surface area contributed by atoms with Crippen LogP contribution < -0.4 is 10.1 Å². The predicted molar refractivity (Wildman–Crippen MR) is 113 cm³/mol. The van der Waals surface area contributed by atoms with E-state index in [0.717, 1.165) is 17.2 Å². The fourth-order valence-electron chi connectivity index (χ4n) is 3.03. The van der Waals surface area contributed by atoms with Crippen LogP contribution in [0.1, 0.15) is 0 Å². The fourth-order valence-corrected chi connectivity index (χ4v) is 3.03. The Morgan fingerprint density at radius 1 is 0.481 bits per heavy atom. The van der Waals surface area contributed by atoms with E-state index in [0.29, 0.717) is 0 Å². The van der Waals surface area contributed by atoms with Gasteiger partial charge in [-0.2, -0.15) is 0 Å². The van der Waals surface area contributed by atoms with E-state index in [1.165, 1.54) is 22.3 Å². The van der Waals surface area contributed by atoms with Crippen LogP contribution >= 0.6 is 0 Å². The summed E-state index contributed by atoms with van der Waals surface area (Å²) in [6.45, 7) is 0. The Morgan fingerprint density at radius 3 is 1.37 bits per heavy atom. The SMILES string of the molecule is CNc1ccc(Oc2ccc(-c3ccc(-c4ccccc4)cc3)cc2)cc1. The predicted octanol–water partition coefficient (Wildman–Crippen LogP) is 6.85. The zero-order chi connectivity index (χ0) is 18.5. The topological polar surface area (TPSA) is 21.3 Å². The molecule has 0 aromatic heterocycles. The van der Waals surface area contributed by atoms with Crippen LogP contribution in [0.5, 0.6) is 11.5 Å². The van der Waals surface area contributed by atoms with E-state index in [4.69, 9.17) is 4.74 Å². The Morgan fingerprint density at radius 2 is 0.889 bits per heavy atom. The summed E-state index contributed by atoms with van der Waals surface area (Å²) in [6, 6.07) is 35.2. The lowest BCUT2D eigenvalue weighted by molar-refractivity contribution is 0.483. The van der Waals surface area contributed by atoms with Crippen molar-refractivity contribution < 1.29 is 4.74 Å². The lowest BCUT2D eigenvalue weighted by Crippen LogP contribution is -1.88. The van der Waals surface area contributed by atoms with E-state index in [2.05, 4.69) is 66.0 Å². The lowest BCUT2D eigenvalue weighted by atomic mass is 10.0. The maximum atomic E-state index is 5.92. The molecule has 132 valence electrons. The van der Waals surface area contributed by atoms with Gasteiger partial charge in [0.25, 0.3) is 0 Å². The summed E-state index contributed by atoms with van der Waals surface area (Å²) < 4.78 is 5.92. The van der Waals surface area contributed by atoms with Gasteiger partial charge in [0, 0.05) is 12.7 Å². The maximum absolute atomic E-state index is 5.92. The Hall–Kier alpha value is -3.52. The van der Waals surface area contributed by atoms with Gasteiger partial charge in [-0.1, -0.05) is 66.7 Å². The molecule has 0 amide bonds. The monoisotopic (exact) mass is 351 g/mol. The number of hydrogen-bond donors (Lipinski definition) is 1. The Bertz CT molecular complexity index is 989. The molecule has 0 spiro atoms. The van der Waals surface area contributed by atoms with Crippen molar-refractivity contribution in [3.05, 3.63) is 103 Å². The summed E-state index contributed by atoms with van der Waals surface area (Å²) in [5.74, 6) is 1.66. The van der Waals surface area contributed by atoms with Crippen LogP contribution in [0.3, 0.4) is 0 Å². The number of nitrogens with one attached hydrogen (secondary N) is 1. The summed E-state index contributed by atoms with van der Waals surface area (Å²) in [7, 11) is 1.90. The van der Waals surface area contributed by atoms with Gasteiger partial charge >= 0.3 is 0 Å². The number of hydrogen-bond acceptors (Lipinski definition) is 2. The van der Waals surface area contributed by atoms with Gasteiger partial charge in [0.1, 0.15) is 11.5 Å². The molecule has 0 bridgehead atoms. The molecule has 4 aromatic rings. The van der Waals surface area contributed by atoms with Gasteiger partial charge in [0.05, 0.1) is 0 Å².